The van der Waals surface area contributed by atoms with Crippen LogP contribution < -0.4 is 5.32 Å². The maximum atomic E-state index is 6.17. The van der Waals surface area contributed by atoms with Gasteiger partial charge in [0, 0.05) is 28.4 Å². The average molecular weight is 315 g/mol. The van der Waals surface area contributed by atoms with Gasteiger partial charge in [0.2, 0.25) is 0 Å². The van der Waals surface area contributed by atoms with Crippen molar-refractivity contribution in [2.45, 2.75) is 26.3 Å². The lowest BCUT2D eigenvalue weighted by Gasteiger charge is -2.04. The number of hydrogen-bond donors (Lipinski definition) is 1. The lowest BCUT2D eigenvalue weighted by molar-refractivity contribution is 0.665. The Bertz CT molecular complexity index is 520. The van der Waals surface area contributed by atoms with Crippen LogP contribution in [0.2, 0.25) is 10.0 Å². The first-order valence-corrected chi connectivity index (χ1v) is 7.91. The molecule has 1 heterocycles. The molecule has 0 amide bonds. The third-order valence-electron chi connectivity index (χ3n) is 2.72. The van der Waals surface area contributed by atoms with Crippen LogP contribution in [0.4, 0.5) is 0 Å². The second kappa shape index (κ2) is 7.25. The van der Waals surface area contributed by atoms with Crippen molar-refractivity contribution in [2.24, 2.45) is 0 Å². The van der Waals surface area contributed by atoms with Crippen LogP contribution >= 0.6 is 34.5 Å². The summed E-state index contributed by atoms with van der Waals surface area (Å²) in [5.74, 6) is 0. The highest BCUT2D eigenvalue weighted by atomic mass is 35.5. The summed E-state index contributed by atoms with van der Waals surface area (Å²) in [5.41, 5.74) is 2.03. The SMILES string of the molecule is CCCNCc1csc(Cc2c(Cl)cccc2Cl)n1. The van der Waals surface area contributed by atoms with Gasteiger partial charge in [0.15, 0.2) is 0 Å². The third-order valence-corrected chi connectivity index (χ3v) is 4.33. The molecule has 0 radical (unpaired) electrons. The fourth-order valence-electron chi connectivity index (χ4n) is 1.76. The highest BCUT2D eigenvalue weighted by Gasteiger charge is 2.09. The minimum atomic E-state index is 0.691. The van der Waals surface area contributed by atoms with Gasteiger partial charge < -0.3 is 5.32 Å². The van der Waals surface area contributed by atoms with Crippen molar-refractivity contribution in [3.05, 3.63) is 49.9 Å². The number of benzene rings is 1. The molecule has 0 aliphatic rings. The van der Waals surface area contributed by atoms with Gasteiger partial charge in [0.05, 0.1) is 10.7 Å². The number of nitrogens with one attached hydrogen (secondary N) is 1. The molecule has 0 saturated heterocycles. The second-order valence-corrected chi connectivity index (χ2v) is 6.04. The average Bonchev–Trinajstić information content (AvgIpc) is 2.82. The molecule has 1 aromatic carbocycles. The van der Waals surface area contributed by atoms with Crippen LogP contribution in [0.15, 0.2) is 23.6 Å². The van der Waals surface area contributed by atoms with E-state index >= 15 is 0 Å². The molecule has 19 heavy (non-hydrogen) atoms. The molecule has 0 saturated carbocycles. The van der Waals surface area contributed by atoms with Gasteiger partial charge in [-0.1, -0.05) is 36.2 Å². The maximum Gasteiger partial charge on any atom is 0.0973 e. The van der Waals surface area contributed by atoms with E-state index in [1.165, 1.54) is 0 Å². The van der Waals surface area contributed by atoms with Crippen molar-refractivity contribution in [1.82, 2.24) is 10.3 Å². The topological polar surface area (TPSA) is 24.9 Å². The largest absolute Gasteiger partial charge is 0.311 e. The van der Waals surface area contributed by atoms with E-state index in [0.29, 0.717) is 16.5 Å². The highest BCUT2D eigenvalue weighted by Crippen LogP contribution is 2.27. The van der Waals surface area contributed by atoms with E-state index in [0.717, 1.165) is 35.8 Å². The zero-order chi connectivity index (χ0) is 13.7. The quantitative estimate of drug-likeness (QED) is 0.792. The van der Waals surface area contributed by atoms with Crippen LogP contribution in [0.3, 0.4) is 0 Å². The Morgan fingerprint density at radius 3 is 2.68 bits per heavy atom. The molecule has 0 bridgehead atoms. The Balaban J connectivity index is 2.03. The Labute approximate surface area is 127 Å². The minimum absolute atomic E-state index is 0.691. The number of halogens is 2. The normalized spacial score (nSPS) is 10.9. The molecule has 0 unspecified atom stereocenters. The highest BCUT2D eigenvalue weighted by molar-refractivity contribution is 7.09. The Hall–Kier alpha value is -0.610. The van der Waals surface area contributed by atoms with Crippen molar-refractivity contribution < 1.29 is 0 Å². The van der Waals surface area contributed by atoms with Crippen LogP contribution in [-0.2, 0) is 13.0 Å². The number of thiazole rings is 1. The van der Waals surface area contributed by atoms with Crippen LogP contribution in [0.25, 0.3) is 0 Å². The van der Waals surface area contributed by atoms with Crippen LogP contribution in [-0.4, -0.2) is 11.5 Å². The van der Waals surface area contributed by atoms with Gasteiger partial charge in [-0.2, -0.15) is 0 Å². The van der Waals surface area contributed by atoms with Crippen LogP contribution in [0.5, 0.6) is 0 Å². The second-order valence-electron chi connectivity index (χ2n) is 4.29. The van der Waals surface area contributed by atoms with Gasteiger partial charge in [0.1, 0.15) is 0 Å². The standard InChI is InChI=1S/C14H16Cl2N2S/c1-2-6-17-8-10-9-19-14(18-10)7-11-12(15)4-3-5-13(11)16/h3-5,9,17H,2,6-8H2,1H3. The molecular weight excluding hydrogens is 299 g/mol. The van der Waals surface area contributed by atoms with Gasteiger partial charge >= 0.3 is 0 Å². The van der Waals surface area contributed by atoms with E-state index in [1.807, 2.05) is 18.2 Å². The lowest BCUT2D eigenvalue weighted by Crippen LogP contribution is -2.13. The maximum absolute atomic E-state index is 6.17. The summed E-state index contributed by atoms with van der Waals surface area (Å²) in [7, 11) is 0. The molecule has 2 rings (SSSR count). The summed E-state index contributed by atoms with van der Waals surface area (Å²) in [6.07, 6.45) is 1.82. The van der Waals surface area contributed by atoms with E-state index in [-0.39, 0.29) is 0 Å². The van der Waals surface area contributed by atoms with E-state index in [4.69, 9.17) is 23.2 Å². The van der Waals surface area contributed by atoms with Crippen molar-refractivity contribution in [1.29, 1.82) is 0 Å². The molecule has 0 fully saturated rings. The number of nitrogens with zero attached hydrogens (tertiary/aromatic N) is 1. The van der Waals surface area contributed by atoms with Gasteiger partial charge in [-0.3, -0.25) is 0 Å². The van der Waals surface area contributed by atoms with E-state index in [2.05, 4.69) is 22.6 Å². The molecular formula is C14H16Cl2N2S. The predicted molar refractivity (Wildman–Crippen MR) is 83.4 cm³/mol. The fraction of sp³-hybridized carbons (Fsp3) is 0.357. The summed E-state index contributed by atoms with van der Waals surface area (Å²) < 4.78 is 0. The first kappa shape index (κ1) is 14.8. The van der Waals surface area contributed by atoms with Crippen molar-refractivity contribution >= 4 is 34.5 Å². The molecule has 102 valence electrons. The molecule has 1 aromatic heterocycles. The first-order valence-electron chi connectivity index (χ1n) is 6.27. The summed E-state index contributed by atoms with van der Waals surface area (Å²) in [6.45, 7) is 3.99. The molecule has 1 N–H and O–H groups in total. The van der Waals surface area contributed by atoms with E-state index in [9.17, 15) is 0 Å². The lowest BCUT2D eigenvalue weighted by atomic mass is 10.1. The monoisotopic (exact) mass is 314 g/mol. The van der Waals surface area contributed by atoms with E-state index < -0.39 is 0 Å². The van der Waals surface area contributed by atoms with Crippen molar-refractivity contribution in [3.63, 3.8) is 0 Å². The summed E-state index contributed by atoms with van der Waals surface area (Å²) in [4.78, 5) is 4.60. The Morgan fingerprint density at radius 2 is 2.00 bits per heavy atom. The number of hydrogen-bond acceptors (Lipinski definition) is 3. The smallest absolute Gasteiger partial charge is 0.0973 e. The first-order chi connectivity index (χ1) is 9.20. The summed E-state index contributed by atoms with van der Waals surface area (Å²) >= 11 is 14.0. The summed E-state index contributed by atoms with van der Waals surface area (Å²) in [5, 5.41) is 7.88. The minimum Gasteiger partial charge on any atom is -0.311 e. The van der Waals surface area contributed by atoms with Crippen molar-refractivity contribution in [3.8, 4) is 0 Å². The molecule has 0 aliphatic heterocycles. The summed E-state index contributed by atoms with van der Waals surface area (Å²) in [6, 6.07) is 5.58. The molecule has 0 spiro atoms. The van der Waals surface area contributed by atoms with Crippen LogP contribution in [0.1, 0.15) is 29.6 Å². The zero-order valence-electron chi connectivity index (χ0n) is 10.7. The predicted octanol–water partition coefficient (Wildman–Crippen LogP) is 4.54. The molecule has 2 nitrogen and oxygen atoms in total. The van der Waals surface area contributed by atoms with Crippen molar-refractivity contribution in [2.75, 3.05) is 6.54 Å². The Kier molecular flexibility index (Phi) is 5.64. The number of aromatic nitrogens is 1. The molecule has 0 aliphatic carbocycles. The number of rotatable bonds is 6. The molecule has 5 heteroatoms. The van der Waals surface area contributed by atoms with Gasteiger partial charge in [-0.05, 0) is 30.7 Å². The fourth-order valence-corrected chi connectivity index (χ4v) is 3.09. The molecule has 0 atom stereocenters. The zero-order valence-corrected chi connectivity index (χ0v) is 13.1. The van der Waals surface area contributed by atoms with E-state index in [1.54, 1.807) is 11.3 Å². The van der Waals surface area contributed by atoms with Gasteiger partial charge in [-0.15, -0.1) is 11.3 Å². The molecule has 2 aromatic rings. The Morgan fingerprint density at radius 1 is 1.26 bits per heavy atom. The van der Waals surface area contributed by atoms with Crippen LogP contribution in [0, 0.1) is 0 Å². The van der Waals surface area contributed by atoms with Gasteiger partial charge in [0.25, 0.3) is 0 Å². The third kappa shape index (κ3) is 4.18. The van der Waals surface area contributed by atoms with Gasteiger partial charge in [-0.25, -0.2) is 4.98 Å².